The molecular formula is C10H10N2O4. The highest BCUT2D eigenvalue weighted by molar-refractivity contribution is 5.77. The van der Waals surface area contributed by atoms with Gasteiger partial charge in [0, 0.05) is 12.2 Å². The Balaban J connectivity index is 2.50. The molecule has 1 aromatic carbocycles. The zero-order valence-corrected chi connectivity index (χ0v) is 8.34. The van der Waals surface area contributed by atoms with Crippen LogP contribution in [0, 0.1) is 0 Å². The molecule has 0 aliphatic rings. The first-order valence-electron chi connectivity index (χ1n) is 4.68. The normalized spacial score (nSPS) is 10.8. The van der Waals surface area contributed by atoms with Gasteiger partial charge >= 0.3 is 11.7 Å². The third-order valence-electron chi connectivity index (χ3n) is 2.24. The molecule has 1 heterocycles. The number of nitrogens with two attached hydrogens (primary N) is 1. The van der Waals surface area contributed by atoms with Crippen LogP contribution in [0.25, 0.3) is 11.1 Å². The summed E-state index contributed by atoms with van der Waals surface area (Å²) in [5.41, 5.74) is 7.01. The van der Waals surface area contributed by atoms with Crippen LogP contribution < -0.4 is 11.5 Å². The average Bonchev–Trinajstić information content (AvgIpc) is 2.51. The van der Waals surface area contributed by atoms with E-state index in [4.69, 9.17) is 15.3 Å². The number of aliphatic carboxylic acids is 1. The van der Waals surface area contributed by atoms with Crippen LogP contribution in [0.4, 0.5) is 5.69 Å². The van der Waals surface area contributed by atoms with Gasteiger partial charge in [0.2, 0.25) is 0 Å². The lowest BCUT2D eigenvalue weighted by Crippen LogP contribution is -2.16. The van der Waals surface area contributed by atoms with Gasteiger partial charge in [-0.1, -0.05) is 0 Å². The second kappa shape index (κ2) is 3.73. The first-order chi connectivity index (χ1) is 7.58. The Morgan fingerprint density at radius 1 is 1.50 bits per heavy atom. The molecule has 16 heavy (non-hydrogen) atoms. The van der Waals surface area contributed by atoms with Crippen molar-refractivity contribution in [2.75, 3.05) is 5.73 Å². The van der Waals surface area contributed by atoms with Gasteiger partial charge in [-0.3, -0.25) is 9.36 Å². The summed E-state index contributed by atoms with van der Waals surface area (Å²) in [6, 6.07) is 4.79. The van der Waals surface area contributed by atoms with E-state index >= 15 is 0 Å². The lowest BCUT2D eigenvalue weighted by molar-refractivity contribution is -0.137. The molecule has 1 aromatic heterocycles. The first kappa shape index (κ1) is 10.3. The summed E-state index contributed by atoms with van der Waals surface area (Å²) in [7, 11) is 0. The van der Waals surface area contributed by atoms with Gasteiger partial charge in [0.25, 0.3) is 0 Å². The number of nitrogen functional groups attached to an aromatic ring is 1. The van der Waals surface area contributed by atoms with Crippen molar-refractivity contribution in [3.63, 3.8) is 0 Å². The highest BCUT2D eigenvalue weighted by Crippen LogP contribution is 2.16. The lowest BCUT2D eigenvalue weighted by atomic mass is 10.3. The molecule has 3 N–H and O–H groups in total. The van der Waals surface area contributed by atoms with Gasteiger partial charge in [0.1, 0.15) is 0 Å². The van der Waals surface area contributed by atoms with Crippen molar-refractivity contribution >= 4 is 22.8 Å². The maximum atomic E-state index is 11.4. The molecular weight excluding hydrogens is 212 g/mol. The summed E-state index contributed by atoms with van der Waals surface area (Å²) in [6.45, 7) is 0.0740. The fourth-order valence-corrected chi connectivity index (χ4v) is 1.50. The second-order valence-electron chi connectivity index (χ2n) is 3.39. The summed E-state index contributed by atoms with van der Waals surface area (Å²) in [5.74, 6) is -1.54. The van der Waals surface area contributed by atoms with E-state index in [9.17, 15) is 9.59 Å². The minimum atomic E-state index is -0.967. The molecule has 0 saturated heterocycles. The molecule has 0 saturated carbocycles. The average molecular weight is 222 g/mol. The van der Waals surface area contributed by atoms with Crippen molar-refractivity contribution in [1.82, 2.24) is 4.57 Å². The third kappa shape index (κ3) is 1.77. The Labute approximate surface area is 89.9 Å². The number of aryl methyl sites for hydroxylation is 1. The monoisotopic (exact) mass is 222 g/mol. The zero-order chi connectivity index (χ0) is 11.7. The Kier molecular flexibility index (Phi) is 2.40. The van der Waals surface area contributed by atoms with E-state index < -0.39 is 11.7 Å². The van der Waals surface area contributed by atoms with E-state index in [0.29, 0.717) is 16.8 Å². The Bertz CT molecular complexity index is 596. The molecule has 0 atom stereocenters. The minimum absolute atomic E-state index is 0.0740. The lowest BCUT2D eigenvalue weighted by Gasteiger charge is -1.99. The van der Waals surface area contributed by atoms with Crippen molar-refractivity contribution in [2.45, 2.75) is 13.0 Å². The fourth-order valence-electron chi connectivity index (χ4n) is 1.50. The van der Waals surface area contributed by atoms with Crippen LogP contribution in [0.5, 0.6) is 0 Å². The molecule has 0 fully saturated rings. The number of benzene rings is 1. The van der Waals surface area contributed by atoms with Crippen LogP contribution in [0.15, 0.2) is 27.4 Å². The number of carboxylic acid groups (broad SMARTS) is 1. The quantitative estimate of drug-likeness (QED) is 0.743. The standard InChI is InChI=1S/C10H10N2O4/c11-6-1-2-8-7(5-6)12(10(15)16-8)4-3-9(13)14/h1-2,5H,3-4,11H2,(H,13,14). The van der Waals surface area contributed by atoms with Crippen molar-refractivity contribution in [1.29, 1.82) is 0 Å². The number of nitrogens with zero attached hydrogens (tertiary/aromatic N) is 1. The van der Waals surface area contributed by atoms with Gasteiger partial charge in [0.15, 0.2) is 5.58 Å². The van der Waals surface area contributed by atoms with Crippen LogP contribution in [0.1, 0.15) is 6.42 Å². The Morgan fingerprint density at radius 3 is 2.94 bits per heavy atom. The molecule has 2 aromatic rings. The van der Waals surface area contributed by atoms with Crippen molar-refractivity contribution in [3.05, 3.63) is 28.7 Å². The van der Waals surface area contributed by atoms with Crippen molar-refractivity contribution < 1.29 is 14.3 Å². The van der Waals surface area contributed by atoms with E-state index in [1.54, 1.807) is 18.2 Å². The summed E-state index contributed by atoms with van der Waals surface area (Å²) in [5, 5.41) is 8.56. The molecule has 2 rings (SSSR count). The maximum absolute atomic E-state index is 11.4. The molecule has 6 nitrogen and oxygen atoms in total. The van der Waals surface area contributed by atoms with Gasteiger partial charge in [-0.2, -0.15) is 0 Å². The zero-order valence-electron chi connectivity index (χ0n) is 8.34. The Hall–Kier alpha value is -2.24. The van der Waals surface area contributed by atoms with Crippen LogP contribution in [0.2, 0.25) is 0 Å². The van der Waals surface area contributed by atoms with Crippen molar-refractivity contribution in [3.8, 4) is 0 Å². The molecule has 0 unspecified atom stereocenters. The van der Waals surface area contributed by atoms with E-state index in [-0.39, 0.29) is 13.0 Å². The third-order valence-corrected chi connectivity index (χ3v) is 2.24. The molecule has 0 bridgehead atoms. The number of carbonyl (C=O) groups is 1. The van der Waals surface area contributed by atoms with Crippen LogP contribution in [0.3, 0.4) is 0 Å². The smallest absolute Gasteiger partial charge is 0.419 e. The predicted octanol–water partition coefficient (Wildman–Crippen LogP) is 0.651. The highest BCUT2D eigenvalue weighted by atomic mass is 16.4. The van der Waals surface area contributed by atoms with Gasteiger partial charge < -0.3 is 15.3 Å². The predicted molar refractivity (Wildman–Crippen MR) is 57.1 cm³/mol. The summed E-state index contributed by atoms with van der Waals surface area (Å²) >= 11 is 0. The number of rotatable bonds is 3. The number of hydrogen-bond donors (Lipinski definition) is 2. The summed E-state index contributed by atoms with van der Waals surface area (Å²) in [6.07, 6.45) is -0.136. The number of oxazole rings is 1. The molecule has 84 valence electrons. The minimum Gasteiger partial charge on any atom is -0.481 e. The molecule has 0 aliphatic carbocycles. The summed E-state index contributed by atoms with van der Waals surface area (Å²) in [4.78, 5) is 21.9. The van der Waals surface area contributed by atoms with Crippen LogP contribution in [-0.4, -0.2) is 15.6 Å². The molecule has 0 amide bonds. The van der Waals surface area contributed by atoms with Gasteiger partial charge in [-0.05, 0) is 18.2 Å². The van der Waals surface area contributed by atoms with Gasteiger partial charge in [-0.15, -0.1) is 0 Å². The molecule has 0 radical (unpaired) electrons. The first-order valence-corrected chi connectivity index (χ1v) is 4.68. The number of aromatic nitrogens is 1. The Morgan fingerprint density at radius 2 is 2.25 bits per heavy atom. The van der Waals surface area contributed by atoms with Crippen LogP contribution >= 0.6 is 0 Å². The molecule has 6 heteroatoms. The number of hydrogen-bond acceptors (Lipinski definition) is 4. The topological polar surface area (TPSA) is 98.5 Å². The highest BCUT2D eigenvalue weighted by Gasteiger charge is 2.10. The van der Waals surface area contributed by atoms with Crippen LogP contribution in [-0.2, 0) is 11.3 Å². The van der Waals surface area contributed by atoms with E-state index in [2.05, 4.69) is 0 Å². The molecule has 0 spiro atoms. The maximum Gasteiger partial charge on any atom is 0.419 e. The SMILES string of the molecule is Nc1ccc2oc(=O)n(CCC(=O)O)c2c1. The van der Waals surface area contributed by atoms with E-state index in [1.165, 1.54) is 4.57 Å². The number of carboxylic acids is 1. The second-order valence-corrected chi connectivity index (χ2v) is 3.39. The fraction of sp³-hybridized carbons (Fsp3) is 0.200. The number of anilines is 1. The molecule has 0 aliphatic heterocycles. The van der Waals surface area contributed by atoms with Gasteiger partial charge in [-0.25, -0.2) is 4.79 Å². The van der Waals surface area contributed by atoms with E-state index in [1.807, 2.05) is 0 Å². The van der Waals surface area contributed by atoms with E-state index in [0.717, 1.165) is 0 Å². The van der Waals surface area contributed by atoms with Crippen molar-refractivity contribution in [2.24, 2.45) is 0 Å². The largest absolute Gasteiger partial charge is 0.481 e. The van der Waals surface area contributed by atoms with Gasteiger partial charge in [0.05, 0.1) is 11.9 Å². The summed E-state index contributed by atoms with van der Waals surface area (Å²) < 4.78 is 6.21. The number of fused-ring (bicyclic) bond motifs is 1.